The predicted octanol–water partition coefficient (Wildman–Crippen LogP) is 1.81. The quantitative estimate of drug-likeness (QED) is 0.669. The summed E-state index contributed by atoms with van der Waals surface area (Å²) in [5.41, 5.74) is 0.519. The van der Waals surface area contributed by atoms with Gasteiger partial charge in [0.15, 0.2) is 5.16 Å². The Morgan fingerprint density at radius 2 is 2.00 bits per heavy atom. The normalized spacial score (nSPS) is 10.4. The third kappa shape index (κ3) is 4.33. The smallest absolute Gasteiger partial charge is 0.251 e. The van der Waals surface area contributed by atoms with Crippen LogP contribution in [0.5, 0.6) is 0 Å². The standard InChI is InChI=1S/C13H11FN2O2S/c14-10-3-1-9(2-4-10)7-11(17)8-19-13-15-6-5-12(18)16-13/h1-6H,7-8H2,(H,15,16,18). The van der Waals surface area contributed by atoms with Gasteiger partial charge in [0, 0.05) is 18.7 Å². The number of nitrogens with one attached hydrogen (secondary N) is 1. The van der Waals surface area contributed by atoms with E-state index >= 15 is 0 Å². The van der Waals surface area contributed by atoms with Gasteiger partial charge < -0.3 is 4.98 Å². The zero-order chi connectivity index (χ0) is 13.7. The molecule has 1 aromatic heterocycles. The Morgan fingerprint density at radius 1 is 1.26 bits per heavy atom. The van der Waals surface area contributed by atoms with Gasteiger partial charge in [-0.3, -0.25) is 9.59 Å². The van der Waals surface area contributed by atoms with Gasteiger partial charge in [0.1, 0.15) is 11.6 Å². The Hall–Kier alpha value is -1.95. The zero-order valence-electron chi connectivity index (χ0n) is 9.93. The van der Waals surface area contributed by atoms with E-state index in [1.54, 1.807) is 12.1 Å². The molecule has 98 valence electrons. The molecule has 4 nitrogen and oxygen atoms in total. The van der Waals surface area contributed by atoms with Gasteiger partial charge in [-0.1, -0.05) is 23.9 Å². The lowest BCUT2D eigenvalue weighted by atomic mass is 10.1. The summed E-state index contributed by atoms with van der Waals surface area (Å²) in [6, 6.07) is 7.13. The number of H-pyrrole nitrogens is 1. The molecule has 0 saturated heterocycles. The fourth-order valence-corrected chi connectivity index (χ4v) is 2.16. The highest BCUT2D eigenvalue weighted by Gasteiger charge is 2.06. The molecule has 0 aliphatic rings. The number of Topliss-reactive ketones (excluding diaryl/α,β-unsaturated/α-hetero) is 1. The van der Waals surface area contributed by atoms with E-state index in [1.165, 1.54) is 36.2 Å². The molecule has 6 heteroatoms. The number of hydrogen-bond acceptors (Lipinski definition) is 4. The van der Waals surface area contributed by atoms with Crippen LogP contribution in [0.4, 0.5) is 4.39 Å². The first kappa shape index (κ1) is 13.5. The molecule has 0 aliphatic heterocycles. The van der Waals surface area contributed by atoms with Crippen LogP contribution in [0, 0.1) is 5.82 Å². The number of carbonyl (C=O) groups excluding carboxylic acids is 1. The van der Waals surface area contributed by atoms with Crippen LogP contribution < -0.4 is 5.56 Å². The van der Waals surface area contributed by atoms with Crippen LogP contribution in [-0.4, -0.2) is 21.5 Å². The summed E-state index contributed by atoms with van der Waals surface area (Å²) >= 11 is 1.17. The molecule has 0 saturated carbocycles. The minimum atomic E-state index is -0.323. The van der Waals surface area contributed by atoms with Gasteiger partial charge in [-0.2, -0.15) is 0 Å². The molecule has 19 heavy (non-hydrogen) atoms. The van der Waals surface area contributed by atoms with Gasteiger partial charge in [-0.05, 0) is 17.7 Å². The molecule has 2 rings (SSSR count). The third-order valence-corrected chi connectivity index (χ3v) is 3.28. The van der Waals surface area contributed by atoms with Crippen LogP contribution in [0.2, 0.25) is 0 Å². The molecule has 0 fully saturated rings. The largest absolute Gasteiger partial charge is 0.301 e. The van der Waals surface area contributed by atoms with Crippen molar-refractivity contribution in [3.8, 4) is 0 Å². The second-order valence-corrected chi connectivity index (χ2v) is 4.83. The fraction of sp³-hybridized carbons (Fsp3) is 0.154. The van der Waals surface area contributed by atoms with Crippen molar-refractivity contribution >= 4 is 17.5 Å². The van der Waals surface area contributed by atoms with E-state index in [2.05, 4.69) is 9.97 Å². The number of carbonyl (C=O) groups is 1. The van der Waals surface area contributed by atoms with E-state index in [1.807, 2.05) is 0 Å². The van der Waals surface area contributed by atoms with Gasteiger partial charge in [-0.25, -0.2) is 9.37 Å². The first-order valence-corrected chi connectivity index (χ1v) is 6.56. The molecule has 0 radical (unpaired) electrons. The average molecular weight is 278 g/mol. The second-order valence-electron chi connectivity index (χ2n) is 3.87. The van der Waals surface area contributed by atoms with Crippen molar-refractivity contribution in [2.75, 3.05) is 5.75 Å². The van der Waals surface area contributed by atoms with Gasteiger partial charge in [0.2, 0.25) is 0 Å². The van der Waals surface area contributed by atoms with Crippen molar-refractivity contribution in [1.82, 2.24) is 9.97 Å². The van der Waals surface area contributed by atoms with E-state index in [-0.39, 0.29) is 29.3 Å². The van der Waals surface area contributed by atoms with E-state index < -0.39 is 0 Å². The minimum absolute atomic E-state index is 0.0110. The average Bonchev–Trinajstić information content (AvgIpc) is 2.39. The summed E-state index contributed by atoms with van der Waals surface area (Å²) in [6.45, 7) is 0. The highest BCUT2D eigenvalue weighted by Crippen LogP contribution is 2.12. The van der Waals surface area contributed by atoms with Gasteiger partial charge in [0.05, 0.1) is 5.75 Å². The lowest BCUT2D eigenvalue weighted by molar-refractivity contribution is -0.116. The molecule has 1 aromatic carbocycles. The Kier molecular flexibility index (Phi) is 4.46. The molecule has 0 atom stereocenters. The van der Waals surface area contributed by atoms with Gasteiger partial charge >= 0.3 is 0 Å². The lowest BCUT2D eigenvalue weighted by Crippen LogP contribution is -2.09. The summed E-state index contributed by atoms with van der Waals surface area (Å²) in [7, 11) is 0. The highest BCUT2D eigenvalue weighted by atomic mass is 32.2. The van der Waals surface area contributed by atoms with E-state index in [9.17, 15) is 14.0 Å². The van der Waals surface area contributed by atoms with Gasteiger partial charge in [0.25, 0.3) is 5.56 Å². The van der Waals surface area contributed by atoms with Crippen LogP contribution in [0.15, 0.2) is 46.5 Å². The topological polar surface area (TPSA) is 62.8 Å². The molecule has 0 aliphatic carbocycles. The molecular weight excluding hydrogens is 267 g/mol. The summed E-state index contributed by atoms with van der Waals surface area (Å²) in [5.74, 6) is -0.121. The highest BCUT2D eigenvalue weighted by molar-refractivity contribution is 7.99. The maximum Gasteiger partial charge on any atom is 0.251 e. The number of nitrogens with zero attached hydrogens (tertiary/aromatic N) is 1. The molecule has 1 N–H and O–H groups in total. The van der Waals surface area contributed by atoms with Crippen molar-refractivity contribution in [3.05, 3.63) is 58.3 Å². The van der Waals surface area contributed by atoms with Crippen LogP contribution in [-0.2, 0) is 11.2 Å². The number of hydrogen-bond donors (Lipinski definition) is 1. The number of thioether (sulfide) groups is 1. The Morgan fingerprint density at radius 3 is 2.68 bits per heavy atom. The lowest BCUT2D eigenvalue weighted by Gasteiger charge is -2.01. The third-order valence-electron chi connectivity index (χ3n) is 2.33. The Bertz CT molecular complexity index is 625. The SMILES string of the molecule is O=C(CSc1nccc(=O)[nH]1)Cc1ccc(F)cc1. The number of aromatic nitrogens is 2. The van der Waals surface area contributed by atoms with Crippen LogP contribution >= 0.6 is 11.8 Å². The molecular formula is C13H11FN2O2S. The second kappa shape index (κ2) is 6.29. The molecule has 0 bridgehead atoms. The molecule has 0 amide bonds. The monoisotopic (exact) mass is 278 g/mol. The number of rotatable bonds is 5. The van der Waals surface area contributed by atoms with Crippen molar-refractivity contribution in [2.24, 2.45) is 0 Å². The van der Waals surface area contributed by atoms with E-state index in [0.29, 0.717) is 5.16 Å². The van der Waals surface area contributed by atoms with E-state index in [0.717, 1.165) is 5.56 Å². The maximum absolute atomic E-state index is 12.7. The number of ketones is 1. The fourth-order valence-electron chi connectivity index (χ4n) is 1.46. The summed E-state index contributed by atoms with van der Waals surface area (Å²) < 4.78 is 12.7. The number of benzene rings is 1. The van der Waals surface area contributed by atoms with Crippen LogP contribution in [0.3, 0.4) is 0 Å². The molecule has 2 aromatic rings. The summed E-state index contributed by atoms with van der Waals surface area (Å²) in [5, 5.41) is 0.417. The Balaban J connectivity index is 1.88. The van der Waals surface area contributed by atoms with Crippen LogP contribution in [0.25, 0.3) is 0 Å². The van der Waals surface area contributed by atoms with Crippen LogP contribution in [0.1, 0.15) is 5.56 Å². The number of aromatic amines is 1. The molecule has 0 unspecified atom stereocenters. The molecule has 1 heterocycles. The van der Waals surface area contributed by atoms with Gasteiger partial charge in [-0.15, -0.1) is 0 Å². The zero-order valence-corrected chi connectivity index (χ0v) is 10.7. The molecule has 0 spiro atoms. The van der Waals surface area contributed by atoms with E-state index in [4.69, 9.17) is 0 Å². The van der Waals surface area contributed by atoms with Crippen molar-refractivity contribution in [2.45, 2.75) is 11.6 Å². The van der Waals surface area contributed by atoms with Crippen molar-refractivity contribution in [1.29, 1.82) is 0 Å². The predicted molar refractivity (Wildman–Crippen MR) is 70.7 cm³/mol. The van der Waals surface area contributed by atoms with Crippen molar-refractivity contribution < 1.29 is 9.18 Å². The minimum Gasteiger partial charge on any atom is -0.301 e. The first-order valence-electron chi connectivity index (χ1n) is 5.58. The number of halogens is 1. The first-order chi connectivity index (χ1) is 9.13. The summed E-state index contributed by atoms with van der Waals surface area (Å²) in [6.07, 6.45) is 1.63. The maximum atomic E-state index is 12.7. The van der Waals surface area contributed by atoms with Crippen molar-refractivity contribution in [3.63, 3.8) is 0 Å². The summed E-state index contributed by atoms with van der Waals surface area (Å²) in [4.78, 5) is 29.2. The Labute approximate surface area is 113 Å².